The quantitative estimate of drug-likeness (QED) is 0.593. The smallest absolute Gasteiger partial charge is 0.329 e. The van der Waals surface area contributed by atoms with E-state index in [4.69, 9.17) is 5.11 Å². The highest BCUT2D eigenvalue weighted by molar-refractivity contribution is 5.95. The van der Waals surface area contributed by atoms with Crippen LogP contribution in [0.3, 0.4) is 0 Å². The van der Waals surface area contributed by atoms with Crippen molar-refractivity contribution in [3.05, 3.63) is 0 Å². The van der Waals surface area contributed by atoms with Crippen LogP contribution in [-0.4, -0.2) is 67.3 Å². The van der Waals surface area contributed by atoms with E-state index in [1.54, 1.807) is 0 Å². The number of hydrogen-bond acceptors (Lipinski definition) is 5. The molecule has 108 valence electrons. The van der Waals surface area contributed by atoms with Crippen molar-refractivity contribution in [2.45, 2.75) is 18.9 Å². The van der Waals surface area contributed by atoms with Gasteiger partial charge in [0.05, 0.1) is 0 Å². The van der Waals surface area contributed by atoms with E-state index < -0.39 is 31.1 Å². The Kier molecular flexibility index (Phi) is 6.23. The Bertz CT molecular complexity index is 347. The molecule has 0 aromatic heterocycles. The largest absolute Gasteiger partial charge is 0.480 e. The third kappa shape index (κ3) is 6.73. The lowest BCUT2D eigenvalue weighted by Crippen LogP contribution is -2.51. The summed E-state index contributed by atoms with van der Waals surface area (Å²) in [6, 6.07) is -0.560. The Balaban J connectivity index is 2.19. The van der Waals surface area contributed by atoms with Gasteiger partial charge in [0.1, 0.15) is 13.2 Å². The SMILES string of the molecule is CN1CCCC(NC(=O)NC(=O)COCC(=O)O)C1. The molecule has 1 aliphatic rings. The van der Waals surface area contributed by atoms with Gasteiger partial charge in [0.25, 0.3) is 5.91 Å². The summed E-state index contributed by atoms with van der Waals surface area (Å²) in [5, 5.41) is 13.1. The number of carbonyl (C=O) groups excluding carboxylic acids is 2. The number of ether oxygens (including phenoxy) is 1. The molecule has 1 rings (SSSR count). The number of piperidine rings is 1. The number of carbonyl (C=O) groups is 3. The molecule has 3 N–H and O–H groups in total. The molecule has 1 atom stereocenters. The number of carboxylic acid groups (broad SMARTS) is 1. The maximum Gasteiger partial charge on any atom is 0.329 e. The summed E-state index contributed by atoms with van der Waals surface area (Å²) in [5.41, 5.74) is 0. The van der Waals surface area contributed by atoms with E-state index >= 15 is 0 Å². The Hall–Kier alpha value is -1.67. The number of nitrogens with one attached hydrogen (secondary N) is 2. The normalized spacial score (nSPS) is 19.7. The molecule has 8 heteroatoms. The van der Waals surface area contributed by atoms with Crippen molar-refractivity contribution in [2.75, 3.05) is 33.4 Å². The first-order valence-corrected chi connectivity index (χ1v) is 6.06. The van der Waals surface area contributed by atoms with Crippen LogP contribution in [0.5, 0.6) is 0 Å². The zero-order chi connectivity index (χ0) is 14.3. The van der Waals surface area contributed by atoms with E-state index in [1.165, 1.54) is 0 Å². The Morgan fingerprint density at radius 3 is 2.74 bits per heavy atom. The second-order valence-corrected chi connectivity index (χ2v) is 4.51. The number of carboxylic acids is 1. The lowest BCUT2D eigenvalue weighted by Gasteiger charge is -2.30. The van der Waals surface area contributed by atoms with Crippen LogP contribution < -0.4 is 10.6 Å². The number of likely N-dealkylation sites (N-methyl/N-ethyl adjacent to an activating group) is 1. The second-order valence-electron chi connectivity index (χ2n) is 4.51. The van der Waals surface area contributed by atoms with Crippen molar-refractivity contribution in [2.24, 2.45) is 0 Å². The molecule has 8 nitrogen and oxygen atoms in total. The molecule has 3 amide bonds. The standard InChI is InChI=1S/C11H19N3O5/c1-14-4-2-3-8(5-14)12-11(18)13-9(15)6-19-7-10(16)17/h8H,2-7H2,1H3,(H,16,17)(H2,12,13,15,18). The maximum atomic E-state index is 11.5. The van der Waals surface area contributed by atoms with Crippen LogP contribution in [0.2, 0.25) is 0 Å². The van der Waals surface area contributed by atoms with Crippen LogP contribution in [-0.2, 0) is 14.3 Å². The summed E-state index contributed by atoms with van der Waals surface area (Å²) in [6.07, 6.45) is 1.87. The van der Waals surface area contributed by atoms with Crippen LogP contribution in [0.1, 0.15) is 12.8 Å². The number of hydrogen-bond donors (Lipinski definition) is 3. The highest BCUT2D eigenvalue weighted by Crippen LogP contribution is 2.07. The van der Waals surface area contributed by atoms with Crippen LogP contribution in [0, 0.1) is 0 Å². The maximum absolute atomic E-state index is 11.5. The van der Waals surface area contributed by atoms with Crippen molar-refractivity contribution in [1.29, 1.82) is 0 Å². The first kappa shape index (κ1) is 15.4. The zero-order valence-corrected chi connectivity index (χ0v) is 10.8. The van der Waals surface area contributed by atoms with Gasteiger partial charge in [-0.1, -0.05) is 0 Å². The van der Waals surface area contributed by atoms with Gasteiger partial charge >= 0.3 is 12.0 Å². The third-order valence-electron chi connectivity index (χ3n) is 2.67. The topological polar surface area (TPSA) is 108 Å². The molecule has 0 saturated carbocycles. The van der Waals surface area contributed by atoms with Gasteiger partial charge in [0, 0.05) is 12.6 Å². The first-order chi connectivity index (χ1) is 8.97. The second kappa shape index (κ2) is 7.70. The Morgan fingerprint density at radius 2 is 2.11 bits per heavy atom. The molecule has 0 aliphatic carbocycles. The van der Waals surface area contributed by atoms with Crippen molar-refractivity contribution >= 4 is 17.9 Å². The van der Waals surface area contributed by atoms with Gasteiger partial charge in [0.15, 0.2) is 0 Å². The van der Waals surface area contributed by atoms with E-state index in [9.17, 15) is 14.4 Å². The van der Waals surface area contributed by atoms with Gasteiger partial charge in [-0.05, 0) is 26.4 Å². The lowest BCUT2D eigenvalue weighted by molar-refractivity contribution is -0.143. The minimum absolute atomic E-state index is 0.0199. The van der Waals surface area contributed by atoms with Crippen LogP contribution >= 0.6 is 0 Å². The van der Waals surface area contributed by atoms with E-state index in [-0.39, 0.29) is 6.04 Å². The number of likely N-dealkylation sites (tertiary alicyclic amines) is 1. The molecule has 1 fully saturated rings. The summed E-state index contributed by atoms with van der Waals surface area (Å²) in [5.74, 6) is -1.83. The fourth-order valence-corrected chi connectivity index (χ4v) is 1.90. The van der Waals surface area contributed by atoms with Crippen molar-refractivity contribution in [3.8, 4) is 0 Å². The summed E-state index contributed by atoms with van der Waals surface area (Å²) in [7, 11) is 1.97. The highest BCUT2D eigenvalue weighted by Gasteiger charge is 2.19. The fourth-order valence-electron chi connectivity index (χ4n) is 1.90. The number of imide groups is 1. The van der Waals surface area contributed by atoms with Gasteiger partial charge in [-0.3, -0.25) is 10.1 Å². The zero-order valence-electron chi connectivity index (χ0n) is 10.8. The van der Waals surface area contributed by atoms with E-state index in [2.05, 4.69) is 20.3 Å². The monoisotopic (exact) mass is 273 g/mol. The molecule has 1 aliphatic heterocycles. The average molecular weight is 273 g/mol. The number of rotatable bonds is 5. The van der Waals surface area contributed by atoms with E-state index in [0.29, 0.717) is 0 Å². The third-order valence-corrected chi connectivity index (χ3v) is 2.67. The van der Waals surface area contributed by atoms with Gasteiger partial charge in [-0.15, -0.1) is 0 Å². The summed E-state index contributed by atoms with van der Waals surface area (Å²) in [6.45, 7) is 0.728. The van der Waals surface area contributed by atoms with Crippen molar-refractivity contribution < 1.29 is 24.2 Å². The number of urea groups is 1. The lowest BCUT2D eigenvalue weighted by atomic mass is 10.1. The van der Waals surface area contributed by atoms with Crippen molar-refractivity contribution in [3.63, 3.8) is 0 Å². The molecule has 1 heterocycles. The summed E-state index contributed by atoms with van der Waals surface area (Å²) < 4.78 is 4.56. The predicted octanol–water partition coefficient (Wildman–Crippen LogP) is -0.992. The molecule has 0 bridgehead atoms. The minimum atomic E-state index is -1.16. The fraction of sp³-hybridized carbons (Fsp3) is 0.727. The number of nitrogens with zero attached hydrogens (tertiary/aromatic N) is 1. The van der Waals surface area contributed by atoms with Gasteiger partial charge < -0.3 is 20.1 Å². The number of aliphatic carboxylic acids is 1. The molecule has 0 spiro atoms. The molecule has 0 radical (unpaired) electrons. The molecule has 19 heavy (non-hydrogen) atoms. The van der Waals surface area contributed by atoms with Crippen LogP contribution in [0.4, 0.5) is 4.79 Å². The van der Waals surface area contributed by atoms with Gasteiger partial charge in [-0.2, -0.15) is 0 Å². The summed E-state index contributed by atoms with van der Waals surface area (Å²) in [4.78, 5) is 35.0. The van der Waals surface area contributed by atoms with Gasteiger partial charge in [-0.25, -0.2) is 9.59 Å². The predicted molar refractivity (Wildman–Crippen MR) is 65.6 cm³/mol. The molecule has 1 saturated heterocycles. The molecular formula is C11H19N3O5. The van der Waals surface area contributed by atoms with Crippen molar-refractivity contribution in [1.82, 2.24) is 15.5 Å². The summed E-state index contributed by atoms with van der Waals surface area (Å²) >= 11 is 0. The molecular weight excluding hydrogens is 254 g/mol. The molecule has 0 aromatic carbocycles. The molecule has 0 aromatic rings. The average Bonchev–Trinajstić information content (AvgIpc) is 2.27. The molecule has 1 unspecified atom stereocenters. The minimum Gasteiger partial charge on any atom is -0.480 e. The van der Waals surface area contributed by atoms with Crippen LogP contribution in [0.15, 0.2) is 0 Å². The highest BCUT2D eigenvalue weighted by atomic mass is 16.5. The number of amides is 3. The Labute approximate surface area is 111 Å². The van der Waals surface area contributed by atoms with E-state index in [1.807, 2.05) is 7.05 Å². The van der Waals surface area contributed by atoms with E-state index in [0.717, 1.165) is 25.9 Å². The van der Waals surface area contributed by atoms with Crippen LogP contribution in [0.25, 0.3) is 0 Å². The van der Waals surface area contributed by atoms with Gasteiger partial charge in [0.2, 0.25) is 0 Å². The Morgan fingerprint density at radius 1 is 1.37 bits per heavy atom. The first-order valence-electron chi connectivity index (χ1n) is 6.06.